The number of rotatable bonds is 4. The standard InChI is InChI=1S/C15H20Cl2N2O2/c1-9(2)19-7-13(14(8-19)21-3)18-15(20)10-4-5-11(16)12(17)6-10/h4-6,9,13-14H,7-8H2,1-3H3,(H,18,20)/t13-,14-/m1/s1. The summed E-state index contributed by atoms with van der Waals surface area (Å²) in [7, 11) is 1.67. The van der Waals surface area contributed by atoms with E-state index in [1.807, 2.05) is 0 Å². The normalized spacial score (nSPS) is 22.8. The van der Waals surface area contributed by atoms with Crippen molar-refractivity contribution in [3.05, 3.63) is 33.8 Å². The second kappa shape index (κ2) is 6.97. The molecule has 1 aromatic rings. The van der Waals surface area contributed by atoms with Gasteiger partial charge in [-0.1, -0.05) is 23.2 Å². The second-order valence-corrected chi connectivity index (χ2v) is 6.35. The van der Waals surface area contributed by atoms with Crippen LogP contribution in [0.2, 0.25) is 10.0 Å². The van der Waals surface area contributed by atoms with Gasteiger partial charge in [0.2, 0.25) is 0 Å². The van der Waals surface area contributed by atoms with Crippen LogP contribution in [0.15, 0.2) is 18.2 Å². The third kappa shape index (κ3) is 3.89. The number of amides is 1. The maximum Gasteiger partial charge on any atom is 0.251 e. The Balaban J connectivity index is 2.06. The molecule has 0 aromatic heterocycles. The van der Waals surface area contributed by atoms with Crippen molar-refractivity contribution in [3.63, 3.8) is 0 Å². The Morgan fingerprint density at radius 3 is 2.62 bits per heavy atom. The lowest BCUT2D eigenvalue weighted by Crippen LogP contribution is -2.43. The predicted octanol–water partition coefficient (Wildman–Crippen LogP) is 2.83. The SMILES string of the molecule is CO[C@@H]1CN(C(C)C)C[C@H]1NC(=O)c1ccc(Cl)c(Cl)c1. The van der Waals surface area contributed by atoms with Gasteiger partial charge in [-0.05, 0) is 32.0 Å². The molecule has 6 heteroatoms. The van der Waals surface area contributed by atoms with Crippen LogP contribution in [0.4, 0.5) is 0 Å². The molecule has 1 saturated heterocycles. The molecule has 1 heterocycles. The first-order valence-corrected chi connectivity index (χ1v) is 7.70. The van der Waals surface area contributed by atoms with Gasteiger partial charge in [-0.25, -0.2) is 0 Å². The molecular formula is C15H20Cl2N2O2. The van der Waals surface area contributed by atoms with Crippen molar-refractivity contribution < 1.29 is 9.53 Å². The number of benzene rings is 1. The summed E-state index contributed by atoms with van der Waals surface area (Å²) in [6, 6.07) is 5.27. The van der Waals surface area contributed by atoms with Gasteiger partial charge in [0, 0.05) is 31.8 Å². The summed E-state index contributed by atoms with van der Waals surface area (Å²) < 4.78 is 5.48. The fraction of sp³-hybridized carbons (Fsp3) is 0.533. The number of halogens is 2. The summed E-state index contributed by atoms with van der Waals surface area (Å²) in [6.07, 6.45) is -0.000813. The monoisotopic (exact) mass is 330 g/mol. The average Bonchev–Trinajstić information content (AvgIpc) is 2.85. The van der Waals surface area contributed by atoms with Gasteiger partial charge in [-0.15, -0.1) is 0 Å². The number of ether oxygens (including phenoxy) is 1. The molecule has 1 aliphatic heterocycles. The number of carbonyl (C=O) groups is 1. The molecule has 1 amide bonds. The van der Waals surface area contributed by atoms with Crippen molar-refractivity contribution in [2.75, 3.05) is 20.2 Å². The van der Waals surface area contributed by atoms with E-state index in [9.17, 15) is 4.79 Å². The average molecular weight is 331 g/mol. The Morgan fingerprint density at radius 1 is 1.33 bits per heavy atom. The topological polar surface area (TPSA) is 41.6 Å². The Hall–Kier alpha value is -0.810. The minimum Gasteiger partial charge on any atom is -0.378 e. The largest absolute Gasteiger partial charge is 0.378 e. The fourth-order valence-electron chi connectivity index (χ4n) is 2.49. The van der Waals surface area contributed by atoms with E-state index in [1.54, 1.807) is 25.3 Å². The molecule has 1 N–H and O–H groups in total. The van der Waals surface area contributed by atoms with E-state index in [0.29, 0.717) is 21.7 Å². The molecule has 1 aliphatic rings. The summed E-state index contributed by atoms with van der Waals surface area (Å²) in [5, 5.41) is 3.84. The Kier molecular flexibility index (Phi) is 5.49. The van der Waals surface area contributed by atoms with Crippen LogP contribution in [0, 0.1) is 0 Å². The Labute approximate surface area is 135 Å². The minimum absolute atomic E-state index is 0.000813. The zero-order chi connectivity index (χ0) is 15.6. The van der Waals surface area contributed by atoms with Gasteiger partial charge in [0.25, 0.3) is 5.91 Å². The van der Waals surface area contributed by atoms with E-state index in [1.165, 1.54) is 0 Å². The first-order valence-electron chi connectivity index (χ1n) is 6.95. The maximum absolute atomic E-state index is 12.3. The van der Waals surface area contributed by atoms with E-state index in [4.69, 9.17) is 27.9 Å². The van der Waals surface area contributed by atoms with Crippen LogP contribution >= 0.6 is 23.2 Å². The predicted molar refractivity (Wildman–Crippen MR) is 85.2 cm³/mol. The summed E-state index contributed by atoms with van der Waals surface area (Å²) in [5.74, 6) is -0.161. The molecule has 2 atom stereocenters. The lowest BCUT2D eigenvalue weighted by Gasteiger charge is -2.20. The highest BCUT2D eigenvalue weighted by Crippen LogP contribution is 2.23. The first-order chi connectivity index (χ1) is 9.92. The number of nitrogens with zero attached hydrogens (tertiary/aromatic N) is 1. The number of carbonyl (C=O) groups excluding carboxylic acids is 1. The second-order valence-electron chi connectivity index (χ2n) is 5.53. The fourth-order valence-corrected chi connectivity index (χ4v) is 2.79. The van der Waals surface area contributed by atoms with Crippen molar-refractivity contribution in [2.24, 2.45) is 0 Å². The third-order valence-corrected chi connectivity index (χ3v) is 4.56. The number of hydrogen-bond acceptors (Lipinski definition) is 3. The molecular weight excluding hydrogens is 311 g/mol. The van der Waals surface area contributed by atoms with E-state index < -0.39 is 0 Å². The van der Waals surface area contributed by atoms with Gasteiger partial charge >= 0.3 is 0 Å². The summed E-state index contributed by atoms with van der Waals surface area (Å²) in [5.41, 5.74) is 0.502. The van der Waals surface area contributed by atoms with Crippen LogP contribution in [0.25, 0.3) is 0 Å². The number of likely N-dealkylation sites (tertiary alicyclic amines) is 1. The van der Waals surface area contributed by atoms with Gasteiger partial charge in [-0.2, -0.15) is 0 Å². The molecule has 0 aliphatic carbocycles. The van der Waals surface area contributed by atoms with E-state index in [2.05, 4.69) is 24.1 Å². The molecule has 4 nitrogen and oxygen atoms in total. The van der Waals surface area contributed by atoms with Crippen LogP contribution in [-0.4, -0.2) is 49.2 Å². The number of nitrogens with one attached hydrogen (secondary N) is 1. The lowest BCUT2D eigenvalue weighted by molar-refractivity contribution is 0.0753. The van der Waals surface area contributed by atoms with Crippen LogP contribution in [0.3, 0.4) is 0 Å². The lowest BCUT2D eigenvalue weighted by atomic mass is 10.1. The molecule has 1 fully saturated rings. The van der Waals surface area contributed by atoms with Crippen molar-refractivity contribution in [1.29, 1.82) is 0 Å². The maximum atomic E-state index is 12.3. The first kappa shape index (κ1) is 16.6. The van der Waals surface area contributed by atoms with Gasteiger partial charge < -0.3 is 10.1 Å². The van der Waals surface area contributed by atoms with Gasteiger partial charge in [-0.3, -0.25) is 9.69 Å². The zero-order valence-electron chi connectivity index (χ0n) is 12.4. The number of hydrogen-bond donors (Lipinski definition) is 1. The Bertz CT molecular complexity index is 522. The smallest absolute Gasteiger partial charge is 0.251 e. The zero-order valence-corrected chi connectivity index (χ0v) is 13.9. The number of methoxy groups -OCH3 is 1. The van der Waals surface area contributed by atoms with Gasteiger partial charge in [0.1, 0.15) is 0 Å². The molecule has 0 radical (unpaired) electrons. The van der Waals surface area contributed by atoms with Crippen molar-refractivity contribution in [2.45, 2.75) is 32.0 Å². The van der Waals surface area contributed by atoms with Crippen LogP contribution < -0.4 is 5.32 Å². The molecule has 0 unspecified atom stereocenters. The molecule has 116 valence electrons. The Morgan fingerprint density at radius 2 is 2.05 bits per heavy atom. The minimum atomic E-state index is -0.161. The molecule has 0 bridgehead atoms. The van der Waals surface area contributed by atoms with Crippen LogP contribution in [0.5, 0.6) is 0 Å². The quantitative estimate of drug-likeness (QED) is 0.922. The van der Waals surface area contributed by atoms with Gasteiger partial charge in [0.15, 0.2) is 0 Å². The van der Waals surface area contributed by atoms with Crippen molar-refractivity contribution in [3.8, 4) is 0 Å². The summed E-state index contributed by atoms with van der Waals surface area (Å²) in [4.78, 5) is 14.6. The van der Waals surface area contributed by atoms with Crippen molar-refractivity contribution >= 4 is 29.1 Å². The third-order valence-electron chi connectivity index (χ3n) is 3.83. The summed E-state index contributed by atoms with van der Waals surface area (Å²) in [6.45, 7) is 5.87. The molecule has 21 heavy (non-hydrogen) atoms. The molecule has 0 saturated carbocycles. The molecule has 1 aromatic carbocycles. The van der Waals surface area contributed by atoms with Crippen LogP contribution in [0.1, 0.15) is 24.2 Å². The highest BCUT2D eigenvalue weighted by molar-refractivity contribution is 6.42. The summed E-state index contributed by atoms with van der Waals surface area (Å²) >= 11 is 11.8. The van der Waals surface area contributed by atoms with Crippen LogP contribution in [-0.2, 0) is 4.74 Å². The molecule has 2 rings (SSSR count). The van der Waals surface area contributed by atoms with Crippen molar-refractivity contribution in [1.82, 2.24) is 10.2 Å². The highest BCUT2D eigenvalue weighted by Gasteiger charge is 2.35. The van der Waals surface area contributed by atoms with E-state index in [-0.39, 0.29) is 18.1 Å². The van der Waals surface area contributed by atoms with E-state index in [0.717, 1.165) is 13.1 Å². The molecule has 0 spiro atoms. The van der Waals surface area contributed by atoms with E-state index >= 15 is 0 Å². The highest BCUT2D eigenvalue weighted by atomic mass is 35.5. The van der Waals surface area contributed by atoms with Gasteiger partial charge in [0.05, 0.1) is 22.2 Å².